The Balaban J connectivity index is 1.48. The van der Waals surface area contributed by atoms with Gasteiger partial charge in [0.15, 0.2) is 11.5 Å². The van der Waals surface area contributed by atoms with Gasteiger partial charge in [-0.1, -0.05) is 24.3 Å². The molecule has 37 heavy (non-hydrogen) atoms. The minimum absolute atomic E-state index is 0.0341. The molecule has 0 radical (unpaired) electrons. The molecular weight excluding hydrogens is 476 g/mol. The minimum atomic E-state index is -1.39. The summed E-state index contributed by atoms with van der Waals surface area (Å²) >= 11 is 0. The van der Waals surface area contributed by atoms with Crippen LogP contribution in [0.4, 0.5) is 5.69 Å². The van der Waals surface area contributed by atoms with E-state index in [4.69, 9.17) is 15.2 Å². The SMILES string of the molecule is COc1ccc(CCN2C(=O)[C@H]3[C@@H](C2=O)[C@]2(N[C@@H]3CCC(N)=O)C(=O)Nc3c(C)cccc32)cc1OC. The second kappa shape index (κ2) is 9.19. The Morgan fingerprint density at radius 1 is 1.08 bits per heavy atom. The number of likely N-dealkylation sites (tertiary alicyclic amines) is 1. The summed E-state index contributed by atoms with van der Waals surface area (Å²) in [6.45, 7) is 2.03. The van der Waals surface area contributed by atoms with Crippen molar-refractivity contribution in [3.63, 3.8) is 0 Å². The summed E-state index contributed by atoms with van der Waals surface area (Å²) < 4.78 is 10.7. The highest BCUT2D eigenvalue weighted by atomic mass is 16.5. The lowest BCUT2D eigenvalue weighted by Gasteiger charge is -2.29. The van der Waals surface area contributed by atoms with E-state index < -0.39 is 35.2 Å². The number of imide groups is 1. The molecule has 3 aliphatic rings. The van der Waals surface area contributed by atoms with E-state index in [1.54, 1.807) is 20.3 Å². The summed E-state index contributed by atoms with van der Waals surface area (Å²) in [6.07, 6.45) is 0.688. The van der Waals surface area contributed by atoms with Gasteiger partial charge in [-0.2, -0.15) is 0 Å². The van der Waals surface area contributed by atoms with Crippen molar-refractivity contribution in [3.8, 4) is 11.5 Å². The lowest BCUT2D eigenvalue weighted by Crippen LogP contribution is -2.53. The van der Waals surface area contributed by atoms with Crippen molar-refractivity contribution in [2.45, 2.75) is 37.8 Å². The van der Waals surface area contributed by atoms with Crippen LogP contribution in [0.25, 0.3) is 0 Å². The molecule has 3 heterocycles. The maximum absolute atomic E-state index is 13.9. The van der Waals surface area contributed by atoms with Gasteiger partial charge in [-0.25, -0.2) is 0 Å². The van der Waals surface area contributed by atoms with Crippen molar-refractivity contribution in [2.24, 2.45) is 17.6 Å². The van der Waals surface area contributed by atoms with Gasteiger partial charge < -0.3 is 20.5 Å². The van der Waals surface area contributed by atoms with Gasteiger partial charge in [-0.3, -0.25) is 29.4 Å². The Kier molecular flexibility index (Phi) is 6.15. The fraction of sp³-hybridized carbons (Fsp3) is 0.407. The number of nitrogens with one attached hydrogen (secondary N) is 2. The highest BCUT2D eigenvalue weighted by Gasteiger charge is 2.70. The van der Waals surface area contributed by atoms with Crippen molar-refractivity contribution in [1.82, 2.24) is 10.2 Å². The first kappa shape index (κ1) is 24.8. The van der Waals surface area contributed by atoms with Crippen LogP contribution in [0.5, 0.6) is 11.5 Å². The Hall–Kier alpha value is -3.92. The molecule has 4 atom stereocenters. The molecule has 0 unspecified atom stereocenters. The van der Waals surface area contributed by atoms with Crippen molar-refractivity contribution in [3.05, 3.63) is 53.1 Å². The largest absolute Gasteiger partial charge is 0.493 e. The first-order valence-corrected chi connectivity index (χ1v) is 12.3. The van der Waals surface area contributed by atoms with Crippen molar-refractivity contribution < 1.29 is 28.7 Å². The second-order valence-electron chi connectivity index (χ2n) is 9.79. The number of nitrogens with zero attached hydrogens (tertiary/aromatic N) is 1. The summed E-state index contributed by atoms with van der Waals surface area (Å²) in [5.41, 5.74) is 7.04. The van der Waals surface area contributed by atoms with Crippen LogP contribution in [0.15, 0.2) is 36.4 Å². The van der Waals surface area contributed by atoms with Crippen LogP contribution >= 0.6 is 0 Å². The third kappa shape index (κ3) is 3.74. The van der Waals surface area contributed by atoms with Crippen LogP contribution in [0, 0.1) is 18.8 Å². The fourth-order valence-corrected chi connectivity index (χ4v) is 6.08. The fourth-order valence-electron chi connectivity index (χ4n) is 6.08. The summed E-state index contributed by atoms with van der Waals surface area (Å²) in [6, 6.07) is 10.4. The first-order valence-electron chi connectivity index (χ1n) is 12.3. The van der Waals surface area contributed by atoms with Crippen LogP contribution in [-0.2, 0) is 31.1 Å². The van der Waals surface area contributed by atoms with Crippen LogP contribution in [-0.4, -0.2) is 55.3 Å². The molecule has 0 bridgehead atoms. The van der Waals surface area contributed by atoms with E-state index in [-0.39, 0.29) is 31.2 Å². The summed E-state index contributed by atoms with van der Waals surface area (Å²) in [4.78, 5) is 53.9. The van der Waals surface area contributed by atoms with Gasteiger partial charge in [0.25, 0.3) is 0 Å². The minimum Gasteiger partial charge on any atom is -0.493 e. The number of nitrogens with two attached hydrogens (primary N) is 1. The number of fused-ring (bicyclic) bond motifs is 4. The average Bonchev–Trinajstić information content (AvgIpc) is 3.46. The predicted octanol–water partition coefficient (Wildman–Crippen LogP) is 1.24. The molecule has 0 aromatic heterocycles. The third-order valence-corrected chi connectivity index (χ3v) is 7.82. The van der Waals surface area contributed by atoms with Crippen LogP contribution in [0.1, 0.15) is 29.5 Å². The Labute approximate surface area is 214 Å². The molecule has 2 saturated heterocycles. The zero-order valence-electron chi connectivity index (χ0n) is 21.0. The van der Waals surface area contributed by atoms with Gasteiger partial charge in [0, 0.05) is 30.3 Å². The predicted molar refractivity (Wildman–Crippen MR) is 134 cm³/mol. The topological polar surface area (TPSA) is 140 Å². The molecule has 0 aliphatic carbocycles. The monoisotopic (exact) mass is 506 g/mol. The summed E-state index contributed by atoms with van der Waals surface area (Å²) in [5.74, 6) is -2.18. The number of amides is 4. The molecule has 194 valence electrons. The standard InChI is InChI=1S/C27H30N4O6/c1-14-5-4-6-16-23(14)29-26(35)27(16)22-21(17(30-27)8-10-20(28)32)24(33)31(25(22)34)12-11-15-7-9-18(36-2)19(13-15)37-3/h4-7,9,13,17,21-22,30H,8,10-12H2,1-3H3,(H2,28,32)(H,29,35)/t17-,21-,22+,27+/m1/s1. The number of hydrogen-bond donors (Lipinski definition) is 3. The Bertz CT molecular complexity index is 1310. The van der Waals surface area contributed by atoms with E-state index in [0.29, 0.717) is 29.2 Å². The van der Waals surface area contributed by atoms with Crippen molar-refractivity contribution in [1.29, 1.82) is 0 Å². The van der Waals surface area contributed by atoms with Gasteiger partial charge >= 0.3 is 0 Å². The second-order valence-corrected chi connectivity index (χ2v) is 9.79. The number of rotatable bonds is 8. The molecule has 10 nitrogen and oxygen atoms in total. The van der Waals surface area contributed by atoms with E-state index in [0.717, 1.165) is 11.1 Å². The van der Waals surface area contributed by atoms with Crippen LogP contribution < -0.4 is 25.8 Å². The van der Waals surface area contributed by atoms with E-state index in [1.165, 1.54) is 4.90 Å². The molecule has 10 heteroatoms. The van der Waals surface area contributed by atoms with E-state index in [1.807, 2.05) is 37.3 Å². The van der Waals surface area contributed by atoms with Crippen molar-refractivity contribution in [2.75, 3.05) is 26.1 Å². The number of anilines is 1. The molecule has 1 spiro atoms. The highest BCUT2D eigenvalue weighted by molar-refractivity contribution is 6.15. The summed E-state index contributed by atoms with van der Waals surface area (Å²) in [7, 11) is 3.09. The lowest BCUT2D eigenvalue weighted by atomic mass is 9.76. The number of hydrogen-bond acceptors (Lipinski definition) is 7. The average molecular weight is 507 g/mol. The molecule has 2 aromatic carbocycles. The van der Waals surface area contributed by atoms with E-state index in [2.05, 4.69) is 10.6 Å². The number of ether oxygens (including phenoxy) is 2. The normalized spacial score (nSPS) is 25.9. The van der Waals surface area contributed by atoms with E-state index in [9.17, 15) is 19.2 Å². The lowest BCUT2D eigenvalue weighted by molar-refractivity contribution is -0.142. The summed E-state index contributed by atoms with van der Waals surface area (Å²) in [5, 5.41) is 6.25. The Morgan fingerprint density at radius 3 is 2.54 bits per heavy atom. The molecule has 2 fully saturated rings. The smallest absolute Gasteiger partial charge is 0.250 e. The number of carbonyl (C=O) groups is 4. The zero-order chi connectivity index (χ0) is 26.5. The zero-order valence-corrected chi connectivity index (χ0v) is 21.0. The molecule has 4 N–H and O–H groups in total. The Morgan fingerprint density at radius 2 is 1.84 bits per heavy atom. The van der Waals surface area contributed by atoms with Gasteiger partial charge in [0.2, 0.25) is 23.6 Å². The third-order valence-electron chi connectivity index (χ3n) is 7.82. The number of aryl methyl sites for hydroxylation is 1. The molecule has 3 aliphatic heterocycles. The number of para-hydroxylation sites is 1. The van der Waals surface area contributed by atoms with E-state index >= 15 is 0 Å². The maximum atomic E-state index is 13.9. The maximum Gasteiger partial charge on any atom is 0.250 e. The first-order chi connectivity index (χ1) is 17.7. The molecule has 0 saturated carbocycles. The van der Waals surface area contributed by atoms with Crippen LogP contribution in [0.2, 0.25) is 0 Å². The molecule has 5 rings (SSSR count). The number of primary amides is 1. The number of methoxy groups -OCH3 is 2. The number of carbonyl (C=O) groups excluding carboxylic acids is 4. The number of benzene rings is 2. The molecule has 2 aromatic rings. The quantitative estimate of drug-likeness (QED) is 0.458. The van der Waals surface area contributed by atoms with Gasteiger partial charge in [-0.15, -0.1) is 0 Å². The van der Waals surface area contributed by atoms with Gasteiger partial charge in [0.1, 0.15) is 5.54 Å². The highest BCUT2D eigenvalue weighted by Crippen LogP contribution is 2.54. The van der Waals surface area contributed by atoms with Crippen molar-refractivity contribution >= 4 is 29.3 Å². The van der Waals surface area contributed by atoms with Crippen LogP contribution in [0.3, 0.4) is 0 Å². The molecular formula is C27H30N4O6. The molecule has 4 amide bonds. The van der Waals surface area contributed by atoms with Gasteiger partial charge in [0.05, 0.1) is 26.1 Å². The van der Waals surface area contributed by atoms with Gasteiger partial charge in [-0.05, 0) is 43.0 Å².